The number of ether oxygens (including phenoxy) is 2. The van der Waals surface area contributed by atoms with Crippen LogP contribution in [0.3, 0.4) is 0 Å². The molecule has 1 aromatic heterocycles. The van der Waals surface area contributed by atoms with Crippen molar-refractivity contribution in [1.82, 2.24) is 9.55 Å². The number of aromatic nitrogens is 2. The van der Waals surface area contributed by atoms with E-state index in [-0.39, 0.29) is 21.7 Å². The topological polar surface area (TPSA) is 101 Å². The highest BCUT2D eigenvalue weighted by Crippen LogP contribution is 2.53. The highest BCUT2D eigenvalue weighted by molar-refractivity contribution is 6.75. The fraction of sp³-hybridized carbons (Fsp3) is 0.867. The van der Waals surface area contributed by atoms with Crippen LogP contribution in [0.5, 0.6) is 0 Å². The largest absolute Gasteiger partial charge is 0.414 e. The van der Waals surface area contributed by atoms with Crippen LogP contribution in [-0.4, -0.2) is 59.4 Å². The Morgan fingerprint density at radius 2 is 1.31 bits per heavy atom. The number of hydrogen-bond acceptors (Lipinski definition) is 7. The van der Waals surface area contributed by atoms with Crippen LogP contribution in [0.25, 0.3) is 0 Å². The van der Waals surface area contributed by atoms with Gasteiger partial charge in [-0.15, -0.1) is 0 Å². The molecule has 0 unspecified atom stereocenters. The molecule has 0 saturated carbocycles. The third-order valence-electron chi connectivity index (χ3n) is 10.5. The molecule has 1 aromatic rings. The van der Waals surface area contributed by atoms with Crippen molar-refractivity contribution in [1.29, 1.82) is 0 Å². The molecule has 42 heavy (non-hydrogen) atoms. The molecular formula is C30H58N2O7Si3. The Morgan fingerprint density at radius 1 is 0.833 bits per heavy atom. The van der Waals surface area contributed by atoms with E-state index in [1.54, 1.807) is 0 Å². The molecule has 1 fully saturated rings. The number of rotatable bonds is 7. The summed E-state index contributed by atoms with van der Waals surface area (Å²) in [5.74, 6) is -1.65. The minimum atomic E-state index is -2.49. The summed E-state index contributed by atoms with van der Waals surface area (Å²) < 4.78 is 36.4. The molecule has 4 atom stereocenters. The molecule has 0 bridgehead atoms. The quantitative estimate of drug-likeness (QED) is 0.334. The lowest BCUT2D eigenvalue weighted by atomic mass is 10.1. The Kier molecular flexibility index (Phi) is 8.99. The van der Waals surface area contributed by atoms with Crippen molar-refractivity contribution < 1.29 is 22.8 Å². The third-order valence-corrected chi connectivity index (χ3v) is 23.9. The van der Waals surface area contributed by atoms with Gasteiger partial charge in [0.15, 0.2) is 25.0 Å². The zero-order valence-electron chi connectivity index (χ0n) is 29.3. The minimum Gasteiger partial charge on any atom is -0.414 e. The highest BCUT2D eigenvalue weighted by atomic mass is 28.4. The predicted octanol–water partition coefficient (Wildman–Crippen LogP) is 6.61. The number of nitrogens with one attached hydrogen (secondary N) is 1. The Labute approximate surface area is 256 Å². The summed E-state index contributed by atoms with van der Waals surface area (Å²) >= 11 is 0. The first-order valence-electron chi connectivity index (χ1n) is 15.2. The van der Waals surface area contributed by atoms with Gasteiger partial charge in [-0.05, 0) is 68.2 Å². The molecule has 2 aliphatic rings. The van der Waals surface area contributed by atoms with E-state index in [2.05, 4.69) is 107 Å². The van der Waals surface area contributed by atoms with E-state index in [1.807, 2.05) is 13.8 Å². The van der Waals surface area contributed by atoms with Crippen molar-refractivity contribution in [2.75, 3.05) is 6.61 Å². The first kappa shape index (κ1) is 35.6. The fourth-order valence-corrected chi connectivity index (χ4v) is 8.25. The summed E-state index contributed by atoms with van der Waals surface area (Å²) in [7, 11) is -7.06. The molecule has 242 valence electrons. The van der Waals surface area contributed by atoms with Gasteiger partial charge in [0.1, 0.15) is 23.9 Å². The van der Waals surface area contributed by atoms with Crippen molar-refractivity contribution in [2.45, 2.75) is 160 Å². The average molecular weight is 643 g/mol. The molecule has 1 saturated heterocycles. The van der Waals surface area contributed by atoms with Gasteiger partial charge < -0.3 is 22.8 Å². The summed E-state index contributed by atoms with van der Waals surface area (Å²) in [6.45, 7) is 37.0. The maximum Gasteiger partial charge on any atom is 0.332 e. The molecule has 1 N–H and O–H groups in total. The lowest BCUT2D eigenvalue weighted by molar-refractivity contribution is -0.327. The van der Waals surface area contributed by atoms with E-state index in [9.17, 15) is 9.59 Å². The minimum absolute atomic E-state index is 0.00894. The standard InChI is InChI=1S/C30H58N2O7Si3/c1-26(2,3)40(12,13)35-19-20-23(37-41(14,15)27(4,5)6)24(38-42(16,17)28(7,8)9)30(36-20)32-21(29(10,11)39-30)18-22(33)31-25(32)34/h18,20,23-24H,19H2,1-17H3,(H,31,33,34)/t20-,23-,24-,30-/m1/s1. The van der Waals surface area contributed by atoms with Crippen LogP contribution in [0.2, 0.25) is 54.4 Å². The molecule has 3 heterocycles. The van der Waals surface area contributed by atoms with Gasteiger partial charge in [0.25, 0.3) is 11.5 Å². The van der Waals surface area contributed by atoms with Crippen molar-refractivity contribution in [2.24, 2.45) is 0 Å². The molecule has 0 radical (unpaired) electrons. The first-order chi connectivity index (χ1) is 18.5. The summed E-state index contributed by atoms with van der Waals surface area (Å²) in [5.41, 5.74) is -1.63. The van der Waals surface area contributed by atoms with Gasteiger partial charge in [0.05, 0.1) is 12.3 Å². The van der Waals surface area contributed by atoms with E-state index in [1.165, 1.54) is 10.6 Å². The normalized spacial score (nSPS) is 27.1. The second kappa shape index (κ2) is 10.6. The second-order valence-corrected chi connectivity index (χ2v) is 31.6. The molecular weight excluding hydrogens is 585 g/mol. The second-order valence-electron chi connectivity index (χ2n) is 17.3. The summed E-state index contributed by atoms with van der Waals surface area (Å²) in [4.78, 5) is 28.6. The van der Waals surface area contributed by atoms with Crippen LogP contribution >= 0.6 is 0 Å². The summed E-state index contributed by atoms with van der Waals surface area (Å²) in [6.07, 6.45) is -1.95. The molecule has 0 aliphatic carbocycles. The van der Waals surface area contributed by atoms with Crippen LogP contribution in [0.15, 0.2) is 15.7 Å². The first-order valence-corrected chi connectivity index (χ1v) is 24.0. The number of nitrogens with zero attached hydrogens (tertiary/aromatic N) is 1. The summed E-state index contributed by atoms with van der Waals surface area (Å²) in [5, 5.41) is -0.242. The van der Waals surface area contributed by atoms with Gasteiger partial charge in [-0.2, -0.15) is 0 Å². The van der Waals surface area contributed by atoms with Crippen LogP contribution in [0.4, 0.5) is 0 Å². The fourth-order valence-electron chi connectivity index (χ4n) is 4.65. The Bertz CT molecular complexity index is 1280. The zero-order valence-corrected chi connectivity index (χ0v) is 32.3. The van der Waals surface area contributed by atoms with Crippen molar-refractivity contribution in [3.8, 4) is 0 Å². The van der Waals surface area contributed by atoms with E-state index in [0.717, 1.165) is 0 Å². The average Bonchev–Trinajstić information content (AvgIpc) is 3.14. The highest BCUT2D eigenvalue weighted by Gasteiger charge is 2.68. The van der Waals surface area contributed by atoms with Crippen molar-refractivity contribution in [3.63, 3.8) is 0 Å². The van der Waals surface area contributed by atoms with Crippen molar-refractivity contribution in [3.05, 3.63) is 32.6 Å². The Hall–Kier alpha value is -0.869. The van der Waals surface area contributed by atoms with Gasteiger partial charge >= 0.3 is 5.69 Å². The van der Waals surface area contributed by atoms with Gasteiger partial charge in [0.2, 0.25) is 0 Å². The van der Waals surface area contributed by atoms with Gasteiger partial charge in [-0.25, -0.2) is 9.36 Å². The molecule has 2 aliphatic heterocycles. The van der Waals surface area contributed by atoms with Crippen LogP contribution in [0, 0.1) is 0 Å². The number of hydrogen-bond donors (Lipinski definition) is 1. The van der Waals surface area contributed by atoms with Crippen LogP contribution in [-0.2, 0) is 34.3 Å². The van der Waals surface area contributed by atoms with Crippen LogP contribution < -0.4 is 11.2 Å². The Balaban J connectivity index is 2.30. The molecule has 12 heteroatoms. The lowest BCUT2D eigenvalue weighted by Gasteiger charge is -2.45. The molecule has 0 amide bonds. The number of aromatic amines is 1. The van der Waals surface area contributed by atoms with E-state index < -0.39 is 66.0 Å². The molecule has 1 spiro atoms. The van der Waals surface area contributed by atoms with Gasteiger partial charge in [0, 0.05) is 6.07 Å². The third kappa shape index (κ3) is 6.29. The SMILES string of the molecule is CC1(C)O[C@@]2(O[C@H](CO[Si](C)(C)C(C)(C)C)[C@@H](O[Si](C)(C)C(C)(C)C)[C@H]2O[Si](C)(C)C(C)(C)C)n2c1cc(=O)[nH]c2=O. The van der Waals surface area contributed by atoms with E-state index in [0.29, 0.717) is 5.69 Å². The van der Waals surface area contributed by atoms with Gasteiger partial charge in [-0.1, -0.05) is 62.3 Å². The Morgan fingerprint density at radius 3 is 1.79 bits per heavy atom. The number of fused-ring (bicyclic) bond motifs is 2. The molecule has 3 rings (SSSR count). The zero-order chi connectivity index (χ0) is 32.7. The monoisotopic (exact) mass is 642 g/mol. The van der Waals surface area contributed by atoms with Crippen LogP contribution in [0.1, 0.15) is 81.9 Å². The van der Waals surface area contributed by atoms with Gasteiger partial charge in [-0.3, -0.25) is 9.78 Å². The van der Waals surface area contributed by atoms with Crippen molar-refractivity contribution >= 4 is 25.0 Å². The number of H-pyrrole nitrogens is 1. The maximum absolute atomic E-state index is 13.6. The molecule has 0 aromatic carbocycles. The molecule has 9 nitrogen and oxygen atoms in total. The van der Waals surface area contributed by atoms with E-state index >= 15 is 0 Å². The summed E-state index contributed by atoms with van der Waals surface area (Å²) in [6, 6.07) is 1.42. The van der Waals surface area contributed by atoms with E-state index in [4.69, 9.17) is 22.8 Å². The lowest BCUT2D eigenvalue weighted by Crippen LogP contribution is -2.59. The smallest absolute Gasteiger partial charge is 0.332 e. The predicted molar refractivity (Wildman–Crippen MR) is 176 cm³/mol. The maximum atomic E-state index is 13.6.